The Balaban J connectivity index is 0.000000383. The van der Waals surface area contributed by atoms with E-state index in [4.69, 9.17) is 24.5 Å². The molecule has 2 atom stereocenters. The predicted molar refractivity (Wildman–Crippen MR) is 115 cm³/mol. The molecule has 0 amide bonds. The Morgan fingerprint density at radius 2 is 1.53 bits per heavy atom. The van der Waals surface area contributed by atoms with Crippen LogP contribution in [0, 0.1) is 0 Å². The summed E-state index contributed by atoms with van der Waals surface area (Å²) in [5, 5.41) is 28.9. The van der Waals surface area contributed by atoms with Crippen LogP contribution in [-0.2, 0) is 19.7 Å². The summed E-state index contributed by atoms with van der Waals surface area (Å²) in [6, 6.07) is 8.75. The van der Waals surface area contributed by atoms with Gasteiger partial charge in [-0.1, -0.05) is 24.3 Å². The normalized spacial score (nSPS) is 20.6. The van der Waals surface area contributed by atoms with Crippen molar-refractivity contribution in [3.05, 3.63) is 35.4 Å². The van der Waals surface area contributed by atoms with Gasteiger partial charge in [-0.05, 0) is 50.5 Å². The predicted octanol–water partition coefficient (Wildman–Crippen LogP) is 2.96. The number of carboxylic acid groups (broad SMARTS) is 2. The molecule has 1 heterocycles. The number of aliphatic hydroxyl groups excluding tert-OH is 1. The van der Waals surface area contributed by atoms with Crippen molar-refractivity contribution >= 4 is 11.9 Å². The van der Waals surface area contributed by atoms with Gasteiger partial charge in [-0.3, -0.25) is 4.90 Å². The highest BCUT2D eigenvalue weighted by atomic mass is 19.4. The Labute approximate surface area is 203 Å². The molecule has 14 heteroatoms. The van der Waals surface area contributed by atoms with Crippen LogP contribution in [0.15, 0.2) is 24.3 Å². The van der Waals surface area contributed by atoms with E-state index < -0.39 is 24.3 Å². The number of likely N-dealkylation sites (N-methyl/N-ethyl adjacent to an activating group) is 1. The summed E-state index contributed by atoms with van der Waals surface area (Å²) in [7, 11) is 3.87. The minimum absolute atomic E-state index is 0.0674. The van der Waals surface area contributed by atoms with E-state index in [-0.39, 0.29) is 17.6 Å². The van der Waals surface area contributed by atoms with Crippen molar-refractivity contribution in [1.82, 2.24) is 10.2 Å². The molecule has 0 saturated carbocycles. The first-order chi connectivity index (χ1) is 16.6. The van der Waals surface area contributed by atoms with Gasteiger partial charge in [0.15, 0.2) is 0 Å². The van der Waals surface area contributed by atoms with Gasteiger partial charge in [0, 0.05) is 25.7 Å². The number of carbonyl (C=O) groups is 2. The number of piperidine rings is 1. The van der Waals surface area contributed by atoms with Crippen molar-refractivity contribution in [2.45, 2.75) is 49.2 Å². The molecule has 1 aliphatic heterocycles. The van der Waals surface area contributed by atoms with Crippen LogP contribution in [-0.4, -0.2) is 91.0 Å². The van der Waals surface area contributed by atoms with Crippen molar-refractivity contribution < 1.29 is 56.0 Å². The van der Waals surface area contributed by atoms with Gasteiger partial charge >= 0.3 is 24.3 Å². The summed E-state index contributed by atoms with van der Waals surface area (Å²) in [5.74, 6) is -5.51. The first-order valence-corrected chi connectivity index (χ1v) is 10.9. The molecule has 0 radical (unpaired) electrons. The number of nitrogens with one attached hydrogen (secondary N) is 1. The molecule has 0 aromatic heterocycles. The average molecular weight is 532 g/mol. The van der Waals surface area contributed by atoms with E-state index in [1.54, 1.807) is 7.11 Å². The molecule has 1 aromatic carbocycles. The number of fused-ring (bicyclic) bond motifs is 2. The Hall–Kier alpha value is -2.42. The van der Waals surface area contributed by atoms with E-state index in [2.05, 4.69) is 41.5 Å². The lowest BCUT2D eigenvalue weighted by Crippen LogP contribution is -2.48. The van der Waals surface area contributed by atoms with Gasteiger partial charge in [0.1, 0.15) is 0 Å². The van der Waals surface area contributed by atoms with Crippen molar-refractivity contribution in [2.75, 3.05) is 40.4 Å². The van der Waals surface area contributed by atoms with Gasteiger partial charge in [0.05, 0.1) is 12.1 Å². The first-order valence-electron chi connectivity index (χ1n) is 10.9. The van der Waals surface area contributed by atoms with Crippen molar-refractivity contribution in [1.29, 1.82) is 0 Å². The molecule has 1 saturated heterocycles. The number of rotatable bonds is 5. The van der Waals surface area contributed by atoms with E-state index in [1.165, 1.54) is 11.1 Å². The topological polar surface area (TPSA) is 119 Å². The summed E-state index contributed by atoms with van der Waals surface area (Å²) in [6.07, 6.45) is -7.45. The number of benzene rings is 1. The monoisotopic (exact) mass is 532 g/mol. The number of methoxy groups -OCH3 is 1. The molecule has 1 aromatic rings. The number of alkyl halides is 6. The van der Waals surface area contributed by atoms with Gasteiger partial charge in [-0.15, -0.1) is 0 Å². The van der Waals surface area contributed by atoms with E-state index in [0.717, 1.165) is 45.5 Å². The van der Waals surface area contributed by atoms with Crippen LogP contribution < -0.4 is 5.32 Å². The van der Waals surface area contributed by atoms with Crippen molar-refractivity contribution in [3.63, 3.8) is 0 Å². The van der Waals surface area contributed by atoms with Crippen LogP contribution in [0.1, 0.15) is 36.4 Å². The fourth-order valence-electron chi connectivity index (χ4n) is 4.35. The smallest absolute Gasteiger partial charge is 0.475 e. The van der Waals surface area contributed by atoms with E-state index in [0.29, 0.717) is 0 Å². The Morgan fingerprint density at radius 1 is 1.06 bits per heavy atom. The first kappa shape index (κ1) is 31.6. The molecular formula is C22H30F6N2O6. The van der Waals surface area contributed by atoms with E-state index >= 15 is 0 Å². The maximum Gasteiger partial charge on any atom is 0.490 e. The number of aliphatic carboxylic acids is 2. The number of aliphatic hydroxyl groups is 1. The molecule has 3 rings (SSSR count). The van der Waals surface area contributed by atoms with Crippen molar-refractivity contribution in [2.24, 2.45) is 0 Å². The van der Waals surface area contributed by atoms with E-state index in [9.17, 15) is 31.4 Å². The summed E-state index contributed by atoms with van der Waals surface area (Å²) in [6.45, 7) is 3.69. The van der Waals surface area contributed by atoms with Crippen LogP contribution in [0.4, 0.5) is 26.3 Å². The zero-order chi connectivity index (χ0) is 27.7. The molecule has 2 aliphatic rings. The lowest BCUT2D eigenvalue weighted by atomic mass is 9.72. The summed E-state index contributed by atoms with van der Waals surface area (Å²) in [4.78, 5) is 20.1. The standard InChI is InChI=1S/C18H28N2O2.2C2HF3O2/c1-20(12-5-13-22-2)16-14-6-3-4-7-15(14)18(17(16)21)8-10-19-11-9-18;2*3-2(4,5)1(6)7/h3-4,6-7,16-17,19,21H,5,8-13H2,1-2H3;2*(H,6,7)/t16-,17+;;/m1../s1. The van der Waals surface area contributed by atoms with E-state index in [1.807, 2.05) is 0 Å². The van der Waals surface area contributed by atoms with Crippen LogP contribution in [0.5, 0.6) is 0 Å². The number of hydrogen-bond acceptors (Lipinski definition) is 6. The molecular weight excluding hydrogens is 502 g/mol. The second-order valence-corrected chi connectivity index (χ2v) is 8.32. The second kappa shape index (κ2) is 13.2. The molecule has 1 aliphatic carbocycles. The second-order valence-electron chi connectivity index (χ2n) is 8.32. The molecule has 0 unspecified atom stereocenters. The highest BCUT2D eigenvalue weighted by molar-refractivity contribution is 5.73. The molecule has 1 fully saturated rings. The highest BCUT2D eigenvalue weighted by Gasteiger charge is 2.52. The quantitative estimate of drug-likeness (QED) is 0.338. The largest absolute Gasteiger partial charge is 0.490 e. The van der Waals surface area contributed by atoms with Crippen LogP contribution >= 0.6 is 0 Å². The SMILES string of the molecule is COCCCN(C)[C@@H]1c2ccccc2C2(CCNCC2)[C@H]1O.O=C(O)C(F)(F)F.O=C(O)C(F)(F)F. The van der Waals surface area contributed by atoms with Gasteiger partial charge in [0.2, 0.25) is 0 Å². The zero-order valence-electron chi connectivity index (χ0n) is 19.7. The zero-order valence-corrected chi connectivity index (χ0v) is 19.7. The van der Waals surface area contributed by atoms with Crippen LogP contribution in [0.2, 0.25) is 0 Å². The molecule has 4 N–H and O–H groups in total. The third-order valence-corrected chi connectivity index (χ3v) is 6.00. The van der Waals surface area contributed by atoms with Crippen LogP contribution in [0.25, 0.3) is 0 Å². The Kier molecular flexibility index (Phi) is 11.6. The molecule has 36 heavy (non-hydrogen) atoms. The lowest BCUT2D eigenvalue weighted by molar-refractivity contribution is -0.193. The van der Waals surface area contributed by atoms with Gasteiger partial charge < -0.3 is 25.4 Å². The van der Waals surface area contributed by atoms with Gasteiger partial charge in [-0.2, -0.15) is 26.3 Å². The average Bonchev–Trinajstić information content (AvgIpc) is 3.02. The number of halogens is 6. The summed E-state index contributed by atoms with van der Waals surface area (Å²) >= 11 is 0. The fraction of sp³-hybridized carbons (Fsp3) is 0.636. The molecule has 206 valence electrons. The third-order valence-electron chi connectivity index (χ3n) is 6.00. The summed E-state index contributed by atoms with van der Waals surface area (Å²) in [5.41, 5.74) is 2.62. The van der Waals surface area contributed by atoms with Crippen LogP contribution in [0.3, 0.4) is 0 Å². The lowest BCUT2D eigenvalue weighted by Gasteiger charge is -2.40. The third kappa shape index (κ3) is 8.32. The minimum Gasteiger partial charge on any atom is -0.475 e. The Morgan fingerprint density at radius 3 is 1.97 bits per heavy atom. The summed E-state index contributed by atoms with van der Waals surface area (Å²) < 4.78 is 68.6. The molecule has 8 nitrogen and oxygen atoms in total. The van der Waals surface area contributed by atoms with Crippen molar-refractivity contribution in [3.8, 4) is 0 Å². The Bertz CT molecular complexity index is 834. The maximum atomic E-state index is 11.2. The number of hydrogen-bond donors (Lipinski definition) is 4. The maximum absolute atomic E-state index is 11.2. The van der Waals surface area contributed by atoms with Gasteiger partial charge in [-0.25, -0.2) is 9.59 Å². The number of nitrogens with zero attached hydrogens (tertiary/aromatic N) is 1. The fourth-order valence-corrected chi connectivity index (χ4v) is 4.35. The van der Waals surface area contributed by atoms with Gasteiger partial charge in [0.25, 0.3) is 0 Å². The number of ether oxygens (including phenoxy) is 1. The molecule has 1 spiro atoms. The molecule has 0 bridgehead atoms. The number of carboxylic acids is 2. The minimum atomic E-state index is -5.08. The highest BCUT2D eigenvalue weighted by Crippen LogP contribution is 2.51.